The van der Waals surface area contributed by atoms with Gasteiger partial charge in [-0.3, -0.25) is 19.4 Å². The molecule has 0 bridgehead atoms. The van der Waals surface area contributed by atoms with Gasteiger partial charge in [0.1, 0.15) is 0 Å². The molecule has 3 amide bonds. The number of nitrogens with two attached hydrogens (primary N) is 1. The third kappa shape index (κ3) is 5.53. The Labute approximate surface area is 170 Å². The first kappa shape index (κ1) is 21.2. The molecule has 1 aromatic heterocycles. The van der Waals surface area contributed by atoms with Crippen molar-refractivity contribution < 1.29 is 19.5 Å². The summed E-state index contributed by atoms with van der Waals surface area (Å²) in [6, 6.07) is 1.45. The van der Waals surface area contributed by atoms with Crippen LogP contribution in [0.1, 0.15) is 62.2 Å². The van der Waals surface area contributed by atoms with E-state index in [1.54, 1.807) is 4.90 Å². The third-order valence-corrected chi connectivity index (χ3v) is 6.10. The lowest BCUT2D eigenvalue weighted by Gasteiger charge is -2.40. The summed E-state index contributed by atoms with van der Waals surface area (Å²) >= 11 is 0. The van der Waals surface area contributed by atoms with Crippen LogP contribution in [-0.4, -0.2) is 51.4 Å². The van der Waals surface area contributed by atoms with E-state index in [9.17, 15) is 19.5 Å². The molecule has 1 aliphatic heterocycles. The van der Waals surface area contributed by atoms with E-state index < -0.39 is 17.7 Å². The van der Waals surface area contributed by atoms with Gasteiger partial charge in [0.25, 0.3) is 0 Å². The van der Waals surface area contributed by atoms with Crippen LogP contribution in [0.15, 0.2) is 18.5 Å². The number of aliphatic hydroxyl groups is 1. The second kappa shape index (κ2) is 9.35. The van der Waals surface area contributed by atoms with Gasteiger partial charge < -0.3 is 21.1 Å². The number of hydrogen-bond acceptors (Lipinski definition) is 5. The average Bonchev–Trinajstić information content (AvgIpc) is 2.70. The van der Waals surface area contributed by atoms with E-state index in [1.165, 1.54) is 18.5 Å². The Kier molecular flexibility index (Phi) is 6.84. The Morgan fingerprint density at radius 3 is 2.59 bits per heavy atom. The lowest BCUT2D eigenvalue weighted by molar-refractivity contribution is -0.146. The highest BCUT2D eigenvalue weighted by atomic mass is 16.3. The van der Waals surface area contributed by atoms with E-state index in [4.69, 9.17) is 5.73 Å². The first-order chi connectivity index (χ1) is 13.8. The maximum Gasteiger partial charge on any atom is 0.313 e. The second-order valence-corrected chi connectivity index (χ2v) is 8.48. The lowest BCUT2D eigenvalue weighted by Crippen LogP contribution is -2.51. The zero-order valence-corrected chi connectivity index (χ0v) is 16.8. The van der Waals surface area contributed by atoms with Crippen molar-refractivity contribution in [3.8, 4) is 0 Å². The number of primary amides is 1. The molecule has 0 radical (unpaired) electrons. The van der Waals surface area contributed by atoms with Crippen LogP contribution in [0.25, 0.3) is 0 Å². The fourth-order valence-electron chi connectivity index (χ4n) is 4.43. The quantitative estimate of drug-likeness (QED) is 0.661. The van der Waals surface area contributed by atoms with Gasteiger partial charge in [0, 0.05) is 18.8 Å². The Balaban J connectivity index is 1.66. The van der Waals surface area contributed by atoms with Crippen molar-refractivity contribution in [1.29, 1.82) is 0 Å². The van der Waals surface area contributed by atoms with E-state index >= 15 is 0 Å². The molecule has 2 aliphatic rings. The Bertz CT molecular complexity index is 761. The van der Waals surface area contributed by atoms with Gasteiger partial charge in [-0.05, 0) is 62.8 Å². The summed E-state index contributed by atoms with van der Waals surface area (Å²) in [6.07, 6.45) is 8.83. The normalized spacial score (nSPS) is 27.3. The van der Waals surface area contributed by atoms with E-state index in [2.05, 4.69) is 17.2 Å². The van der Waals surface area contributed by atoms with Gasteiger partial charge in [0.15, 0.2) is 0 Å². The van der Waals surface area contributed by atoms with Gasteiger partial charge in [0.2, 0.25) is 5.91 Å². The summed E-state index contributed by atoms with van der Waals surface area (Å²) in [4.78, 5) is 42.4. The van der Waals surface area contributed by atoms with Crippen LogP contribution < -0.4 is 11.1 Å². The topological polar surface area (TPSA) is 126 Å². The van der Waals surface area contributed by atoms with Crippen LogP contribution in [0.2, 0.25) is 0 Å². The molecule has 0 spiro atoms. The van der Waals surface area contributed by atoms with E-state index in [0.29, 0.717) is 18.4 Å². The standard InChI is InChI=1S/C21H30N4O4/c1-13-2-5-17(8-14-3-6-18(26)7-4-14)25(12-13)21(29)20(28)24-16-9-15(19(22)27)10-23-11-16/h9-11,13-14,17-18,26H,2-8,12H2,1H3,(H2,22,27)(H,24,28)/t13-,14?,17+,18?/m0/s1. The molecule has 4 N–H and O–H groups in total. The van der Waals surface area contributed by atoms with Crippen LogP contribution in [0.4, 0.5) is 5.69 Å². The summed E-state index contributed by atoms with van der Waals surface area (Å²) in [6.45, 7) is 2.65. The molecular weight excluding hydrogens is 372 g/mol. The predicted octanol–water partition coefficient (Wildman–Crippen LogP) is 1.69. The molecular formula is C21H30N4O4. The van der Waals surface area contributed by atoms with Crippen molar-refractivity contribution in [2.75, 3.05) is 11.9 Å². The molecule has 2 heterocycles. The molecule has 2 atom stereocenters. The van der Waals surface area contributed by atoms with Crippen molar-refractivity contribution in [1.82, 2.24) is 9.88 Å². The molecule has 158 valence electrons. The van der Waals surface area contributed by atoms with Crippen molar-refractivity contribution >= 4 is 23.4 Å². The van der Waals surface area contributed by atoms with Gasteiger partial charge in [-0.1, -0.05) is 6.92 Å². The zero-order chi connectivity index (χ0) is 21.0. The first-order valence-corrected chi connectivity index (χ1v) is 10.4. The van der Waals surface area contributed by atoms with E-state index in [-0.39, 0.29) is 23.4 Å². The Morgan fingerprint density at radius 1 is 1.17 bits per heavy atom. The number of aromatic nitrogens is 1. The third-order valence-electron chi connectivity index (χ3n) is 6.10. The van der Waals surface area contributed by atoms with Gasteiger partial charge in [-0.15, -0.1) is 0 Å². The highest BCUT2D eigenvalue weighted by molar-refractivity contribution is 6.39. The van der Waals surface area contributed by atoms with Gasteiger partial charge in [-0.2, -0.15) is 0 Å². The number of rotatable bonds is 4. The SMILES string of the molecule is C[C@H]1CC[C@H](CC2CCC(O)CC2)N(C(=O)C(=O)Nc2cncc(C(N)=O)c2)C1. The number of carbonyl (C=O) groups excluding carboxylic acids is 3. The van der Waals surface area contributed by atoms with Gasteiger partial charge in [-0.25, -0.2) is 0 Å². The lowest BCUT2D eigenvalue weighted by atomic mass is 9.80. The van der Waals surface area contributed by atoms with Crippen LogP contribution in [0, 0.1) is 11.8 Å². The predicted molar refractivity (Wildman–Crippen MR) is 108 cm³/mol. The maximum absolute atomic E-state index is 12.9. The minimum atomic E-state index is -0.730. The number of hydrogen-bond donors (Lipinski definition) is 3. The summed E-state index contributed by atoms with van der Waals surface area (Å²) < 4.78 is 0. The molecule has 1 aliphatic carbocycles. The summed E-state index contributed by atoms with van der Waals surface area (Å²) in [7, 11) is 0. The number of piperidine rings is 1. The number of carbonyl (C=O) groups is 3. The smallest absolute Gasteiger partial charge is 0.313 e. The largest absolute Gasteiger partial charge is 0.393 e. The number of nitrogens with zero attached hydrogens (tertiary/aromatic N) is 2. The monoisotopic (exact) mass is 402 g/mol. The number of pyridine rings is 1. The number of anilines is 1. The molecule has 29 heavy (non-hydrogen) atoms. The summed E-state index contributed by atoms with van der Waals surface area (Å²) in [5.74, 6) is -1.11. The number of nitrogens with one attached hydrogen (secondary N) is 1. The second-order valence-electron chi connectivity index (χ2n) is 8.48. The van der Waals surface area contributed by atoms with Crippen molar-refractivity contribution in [2.45, 2.75) is 64.0 Å². The average molecular weight is 402 g/mol. The highest BCUT2D eigenvalue weighted by Gasteiger charge is 2.35. The molecule has 3 rings (SSSR count). The first-order valence-electron chi connectivity index (χ1n) is 10.4. The molecule has 8 heteroatoms. The number of likely N-dealkylation sites (tertiary alicyclic amines) is 1. The maximum atomic E-state index is 12.9. The molecule has 8 nitrogen and oxygen atoms in total. The van der Waals surface area contributed by atoms with Gasteiger partial charge >= 0.3 is 11.8 Å². The van der Waals surface area contributed by atoms with Crippen LogP contribution >= 0.6 is 0 Å². The molecule has 1 aromatic rings. The molecule has 0 unspecified atom stereocenters. The molecule has 1 saturated heterocycles. The summed E-state index contributed by atoms with van der Waals surface area (Å²) in [5.41, 5.74) is 5.67. The molecule has 1 saturated carbocycles. The van der Waals surface area contributed by atoms with E-state index in [1.807, 2.05) is 0 Å². The van der Waals surface area contributed by atoms with Crippen molar-refractivity contribution in [2.24, 2.45) is 17.6 Å². The van der Waals surface area contributed by atoms with Crippen LogP contribution in [0.3, 0.4) is 0 Å². The zero-order valence-electron chi connectivity index (χ0n) is 16.8. The van der Waals surface area contributed by atoms with Crippen LogP contribution in [0.5, 0.6) is 0 Å². The summed E-state index contributed by atoms with van der Waals surface area (Å²) in [5, 5.41) is 12.3. The fourth-order valence-corrected chi connectivity index (χ4v) is 4.43. The highest BCUT2D eigenvalue weighted by Crippen LogP contribution is 2.33. The Morgan fingerprint density at radius 2 is 1.90 bits per heavy atom. The molecule has 2 fully saturated rings. The minimum absolute atomic E-state index is 0.0415. The van der Waals surface area contributed by atoms with Crippen LogP contribution in [-0.2, 0) is 9.59 Å². The minimum Gasteiger partial charge on any atom is -0.393 e. The fraction of sp³-hybridized carbons (Fsp3) is 0.619. The van der Waals surface area contributed by atoms with Crippen molar-refractivity contribution in [3.63, 3.8) is 0 Å². The molecule has 0 aromatic carbocycles. The van der Waals surface area contributed by atoms with Gasteiger partial charge in [0.05, 0.1) is 23.6 Å². The Hall–Kier alpha value is -2.48. The van der Waals surface area contributed by atoms with Crippen molar-refractivity contribution in [3.05, 3.63) is 24.0 Å². The number of amides is 3. The van der Waals surface area contributed by atoms with E-state index in [0.717, 1.165) is 44.9 Å². The number of aliphatic hydroxyl groups excluding tert-OH is 1.